The molecule has 1 saturated heterocycles. The second-order valence-corrected chi connectivity index (χ2v) is 9.41. The molecule has 1 atom stereocenters. The summed E-state index contributed by atoms with van der Waals surface area (Å²) in [5, 5.41) is 0.672. The molecule has 0 aliphatic carbocycles. The minimum absolute atomic E-state index is 0.0679. The number of oxazole rings is 1. The maximum Gasteiger partial charge on any atom is 0.410 e. The van der Waals surface area contributed by atoms with Crippen LogP contribution >= 0.6 is 11.6 Å². The molecule has 2 aromatic rings. The number of hydrogen-bond donors (Lipinski definition) is 0. The molecule has 1 fully saturated rings. The molecule has 0 spiro atoms. The molecule has 3 rings (SSSR count). The van der Waals surface area contributed by atoms with Gasteiger partial charge in [-0.2, -0.15) is 4.98 Å². The summed E-state index contributed by atoms with van der Waals surface area (Å²) in [6.45, 7) is 13.8. The zero-order chi connectivity index (χ0) is 20.6. The number of halogens is 1. The Labute approximate surface area is 171 Å². The van der Waals surface area contributed by atoms with Gasteiger partial charge in [0.05, 0.1) is 0 Å². The van der Waals surface area contributed by atoms with Crippen LogP contribution in [-0.2, 0) is 11.2 Å². The Balaban J connectivity index is 1.79. The fourth-order valence-corrected chi connectivity index (χ4v) is 3.74. The topological polar surface area (TPSA) is 58.8 Å². The minimum Gasteiger partial charge on any atom is -0.444 e. The average molecular weight is 408 g/mol. The van der Waals surface area contributed by atoms with E-state index in [9.17, 15) is 4.79 Å². The standard InChI is InChI=1S/C21H30ClN3O3/c1-13(2)9-15-10-16(22)11-17-18(15)27-19(23-17)25-8-7-24(12-14(25)3)20(26)28-21(4,5)6/h10-11,13-14H,7-9,12H2,1-6H3. The van der Waals surface area contributed by atoms with Gasteiger partial charge < -0.3 is 19.0 Å². The third-order valence-corrected chi connectivity index (χ3v) is 4.89. The molecule has 1 aliphatic rings. The molecule has 2 heterocycles. The first-order valence-electron chi connectivity index (χ1n) is 9.87. The fourth-order valence-electron chi connectivity index (χ4n) is 3.50. The van der Waals surface area contributed by atoms with Crippen LogP contribution in [0.1, 0.15) is 47.1 Å². The number of anilines is 1. The molecular formula is C21H30ClN3O3. The van der Waals surface area contributed by atoms with Crippen LogP contribution in [0.15, 0.2) is 16.5 Å². The highest BCUT2D eigenvalue weighted by atomic mass is 35.5. The number of carbonyl (C=O) groups excluding carboxylic acids is 1. The third kappa shape index (κ3) is 4.72. The van der Waals surface area contributed by atoms with Gasteiger partial charge in [-0.1, -0.05) is 25.4 Å². The fraction of sp³-hybridized carbons (Fsp3) is 0.619. The van der Waals surface area contributed by atoms with Crippen LogP contribution in [0.25, 0.3) is 11.1 Å². The highest BCUT2D eigenvalue weighted by Crippen LogP contribution is 2.31. The van der Waals surface area contributed by atoms with Crippen LogP contribution in [-0.4, -0.2) is 47.3 Å². The lowest BCUT2D eigenvalue weighted by molar-refractivity contribution is 0.0216. The van der Waals surface area contributed by atoms with E-state index in [2.05, 4.69) is 30.7 Å². The van der Waals surface area contributed by atoms with E-state index in [1.54, 1.807) is 4.90 Å². The molecular weight excluding hydrogens is 378 g/mol. The number of hydrogen-bond acceptors (Lipinski definition) is 5. The van der Waals surface area contributed by atoms with E-state index >= 15 is 0 Å². The van der Waals surface area contributed by atoms with Gasteiger partial charge >= 0.3 is 6.09 Å². The smallest absolute Gasteiger partial charge is 0.410 e. The van der Waals surface area contributed by atoms with Crippen molar-refractivity contribution in [2.45, 2.75) is 59.6 Å². The average Bonchev–Trinajstić information content (AvgIpc) is 2.96. The maximum absolute atomic E-state index is 12.4. The van der Waals surface area contributed by atoms with Gasteiger partial charge in [0.1, 0.15) is 11.1 Å². The molecule has 1 aliphatic heterocycles. The molecule has 7 heteroatoms. The SMILES string of the molecule is CC(C)Cc1cc(Cl)cc2nc(N3CCN(C(=O)OC(C)(C)C)CC3C)oc12. The van der Waals surface area contributed by atoms with E-state index in [0.29, 0.717) is 36.6 Å². The Bertz CT molecular complexity index is 856. The number of benzene rings is 1. The molecule has 0 N–H and O–H groups in total. The van der Waals surface area contributed by atoms with E-state index in [-0.39, 0.29) is 12.1 Å². The van der Waals surface area contributed by atoms with Crippen molar-refractivity contribution >= 4 is 34.8 Å². The Hall–Kier alpha value is -1.95. The minimum atomic E-state index is -0.496. The lowest BCUT2D eigenvalue weighted by Gasteiger charge is -2.39. The van der Waals surface area contributed by atoms with E-state index < -0.39 is 5.60 Å². The molecule has 1 aromatic heterocycles. The number of amides is 1. The largest absolute Gasteiger partial charge is 0.444 e. The number of fused-ring (bicyclic) bond motifs is 1. The van der Waals surface area contributed by atoms with Gasteiger partial charge in [0.15, 0.2) is 5.58 Å². The molecule has 0 bridgehead atoms. The number of rotatable bonds is 3. The number of piperazine rings is 1. The number of ether oxygens (including phenoxy) is 1. The highest BCUT2D eigenvalue weighted by Gasteiger charge is 2.32. The molecule has 0 radical (unpaired) electrons. The second-order valence-electron chi connectivity index (χ2n) is 8.98. The second kappa shape index (κ2) is 7.82. The highest BCUT2D eigenvalue weighted by molar-refractivity contribution is 6.31. The summed E-state index contributed by atoms with van der Waals surface area (Å²) in [6.07, 6.45) is 0.607. The summed E-state index contributed by atoms with van der Waals surface area (Å²) in [6, 6.07) is 4.45. The van der Waals surface area contributed by atoms with Crippen molar-refractivity contribution in [3.05, 3.63) is 22.7 Å². The van der Waals surface area contributed by atoms with Crippen molar-refractivity contribution in [3.8, 4) is 0 Å². The molecule has 1 unspecified atom stereocenters. The summed E-state index contributed by atoms with van der Waals surface area (Å²) >= 11 is 6.28. The Kier molecular flexibility index (Phi) is 5.80. The van der Waals surface area contributed by atoms with Crippen LogP contribution in [0, 0.1) is 5.92 Å². The summed E-state index contributed by atoms with van der Waals surface area (Å²) < 4.78 is 11.7. The number of aromatic nitrogens is 1. The van der Waals surface area contributed by atoms with Gasteiger partial charge in [0.2, 0.25) is 0 Å². The van der Waals surface area contributed by atoms with Crippen molar-refractivity contribution in [2.24, 2.45) is 5.92 Å². The van der Waals surface area contributed by atoms with Gasteiger partial charge in [-0.3, -0.25) is 0 Å². The Morgan fingerprint density at radius 1 is 1.36 bits per heavy atom. The van der Waals surface area contributed by atoms with E-state index in [1.165, 1.54) is 0 Å². The van der Waals surface area contributed by atoms with E-state index in [4.69, 9.17) is 20.8 Å². The number of carbonyl (C=O) groups is 1. The number of nitrogens with zero attached hydrogens (tertiary/aromatic N) is 3. The molecule has 1 amide bonds. The Morgan fingerprint density at radius 3 is 2.68 bits per heavy atom. The lowest BCUT2D eigenvalue weighted by Crippen LogP contribution is -2.54. The van der Waals surface area contributed by atoms with Gasteiger partial charge in [0, 0.05) is 30.7 Å². The van der Waals surface area contributed by atoms with Crippen molar-refractivity contribution in [1.82, 2.24) is 9.88 Å². The molecule has 1 aromatic carbocycles. The summed E-state index contributed by atoms with van der Waals surface area (Å²) in [5.41, 5.74) is 2.16. The predicted octanol–water partition coefficient (Wildman–Crippen LogP) is 5.13. The van der Waals surface area contributed by atoms with Crippen molar-refractivity contribution in [2.75, 3.05) is 24.5 Å². The zero-order valence-electron chi connectivity index (χ0n) is 17.6. The van der Waals surface area contributed by atoms with Crippen LogP contribution in [0.5, 0.6) is 0 Å². The zero-order valence-corrected chi connectivity index (χ0v) is 18.3. The lowest BCUT2D eigenvalue weighted by atomic mass is 10.0. The van der Waals surface area contributed by atoms with Crippen molar-refractivity contribution < 1.29 is 13.9 Å². The normalized spacial score (nSPS) is 18.2. The molecule has 28 heavy (non-hydrogen) atoms. The van der Waals surface area contributed by atoms with Gasteiger partial charge in [-0.05, 0) is 57.7 Å². The summed E-state index contributed by atoms with van der Waals surface area (Å²) in [5.74, 6) is 0.492. The van der Waals surface area contributed by atoms with Crippen LogP contribution in [0.4, 0.5) is 10.8 Å². The van der Waals surface area contributed by atoms with E-state index in [1.807, 2.05) is 32.9 Å². The van der Waals surface area contributed by atoms with Gasteiger partial charge in [-0.25, -0.2) is 4.79 Å². The van der Waals surface area contributed by atoms with Crippen molar-refractivity contribution in [1.29, 1.82) is 0 Å². The Morgan fingerprint density at radius 2 is 2.07 bits per heavy atom. The van der Waals surface area contributed by atoms with Crippen LogP contribution in [0.2, 0.25) is 5.02 Å². The first kappa shape index (κ1) is 20.8. The first-order chi connectivity index (χ1) is 13.0. The van der Waals surface area contributed by atoms with Gasteiger partial charge in [0.25, 0.3) is 6.01 Å². The van der Waals surface area contributed by atoms with Gasteiger partial charge in [-0.15, -0.1) is 0 Å². The van der Waals surface area contributed by atoms with Crippen LogP contribution < -0.4 is 4.90 Å². The summed E-state index contributed by atoms with van der Waals surface area (Å²) in [7, 11) is 0. The maximum atomic E-state index is 12.4. The molecule has 6 nitrogen and oxygen atoms in total. The monoisotopic (exact) mass is 407 g/mol. The van der Waals surface area contributed by atoms with Crippen LogP contribution in [0.3, 0.4) is 0 Å². The quantitative estimate of drug-likeness (QED) is 0.706. The van der Waals surface area contributed by atoms with E-state index in [0.717, 1.165) is 23.1 Å². The summed E-state index contributed by atoms with van der Waals surface area (Å²) in [4.78, 5) is 20.9. The first-order valence-corrected chi connectivity index (χ1v) is 10.2. The molecule has 154 valence electrons. The predicted molar refractivity (Wildman–Crippen MR) is 112 cm³/mol. The third-order valence-electron chi connectivity index (χ3n) is 4.67. The van der Waals surface area contributed by atoms with Crippen molar-refractivity contribution in [3.63, 3.8) is 0 Å². The molecule has 0 saturated carbocycles.